The lowest BCUT2D eigenvalue weighted by Crippen LogP contribution is -2.45. The van der Waals surface area contributed by atoms with Crippen molar-refractivity contribution in [1.82, 2.24) is 15.2 Å². The summed E-state index contributed by atoms with van der Waals surface area (Å²) >= 11 is 0. The molecule has 0 aliphatic carbocycles. The number of ether oxygens (including phenoxy) is 2. The fourth-order valence-electron chi connectivity index (χ4n) is 3.16. The minimum absolute atomic E-state index is 0.404. The van der Waals surface area contributed by atoms with Crippen molar-refractivity contribution in [2.75, 3.05) is 36.5 Å². The van der Waals surface area contributed by atoms with Crippen LogP contribution in [0.4, 0.5) is 17.5 Å². The maximum Gasteiger partial charge on any atom is 0.249 e. The highest BCUT2D eigenvalue weighted by molar-refractivity contribution is 5.57. The van der Waals surface area contributed by atoms with Crippen molar-refractivity contribution in [3.63, 3.8) is 0 Å². The van der Waals surface area contributed by atoms with Crippen LogP contribution in [0.3, 0.4) is 0 Å². The van der Waals surface area contributed by atoms with Gasteiger partial charge in [0.15, 0.2) is 11.6 Å². The van der Waals surface area contributed by atoms with Crippen molar-refractivity contribution in [2.45, 2.75) is 18.6 Å². The number of anilines is 3. The van der Waals surface area contributed by atoms with Gasteiger partial charge in [0.1, 0.15) is 0 Å². The van der Waals surface area contributed by atoms with E-state index in [0.29, 0.717) is 24.7 Å². The maximum absolute atomic E-state index is 8.98. The Labute approximate surface area is 145 Å². The van der Waals surface area contributed by atoms with Gasteiger partial charge in [0.2, 0.25) is 5.95 Å². The third-order valence-corrected chi connectivity index (χ3v) is 4.46. The maximum atomic E-state index is 8.98. The van der Waals surface area contributed by atoms with Crippen LogP contribution in [-0.2, 0) is 9.47 Å². The molecular weight excluding hydrogens is 320 g/mol. The lowest BCUT2D eigenvalue weighted by molar-refractivity contribution is -0.169. The Kier molecular flexibility index (Phi) is 4.17. The largest absolute Gasteiger partial charge is 0.355 e. The highest BCUT2D eigenvalue weighted by Crippen LogP contribution is 2.32. The van der Waals surface area contributed by atoms with Crippen LogP contribution < -0.4 is 10.2 Å². The number of aromatic nitrogens is 3. The second-order valence-electron chi connectivity index (χ2n) is 6.05. The van der Waals surface area contributed by atoms with Crippen LogP contribution in [0.1, 0.15) is 18.4 Å². The molecule has 1 spiro atoms. The zero-order valence-corrected chi connectivity index (χ0v) is 13.7. The van der Waals surface area contributed by atoms with Crippen LogP contribution in [0.25, 0.3) is 0 Å². The number of rotatable bonds is 3. The number of hydrogen-bond donors (Lipinski definition) is 1. The third kappa shape index (κ3) is 3.38. The molecule has 0 radical (unpaired) electrons. The van der Waals surface area contributed by atoms with E-state index in [2.05, 4.69) is 31.5 Å². The van der Waals surface area contributed by atoms with E-state index >= 15 is 0 Å². The van der Waals surface area contributed by atoms with Gasteiger partial charge >= 0.3 is 0 Å². The van der Waals surface area contributed by atoms with Gasteiger partial charge in [0.05, 0.1) is 31.0 Å². The van der Waals surface area contributed by atoms with Crippen LogP contribution in [0.15, 0.2) is 30.5 Å². The highest BCUT2D eigenvalue weighted by Gasteiger charge is 2.40. The summed E-state index contributed by atoms with van der Waals surface area (Å²) in [5, 5.41) is 20.1. The number of nitrogens with one attached hydrogen (secondary N) is 1. The van der Waals surface area contributed by atoms with Crippen molar-refractivity contribution in [1.29, 1.82) is 5.26 Å². The van der Waals surface area contributed by atoms with E-state index in [1.54, 1.807) is 18.3 Å². The molecule has 0 amide bonds. The van der Waals surface area contributed by atoms with Gasteiger partial charge in [0.25, 0.3) is 0 Å². The predicted octanol–water partition coefficient (Wildman–Crippen LogP) is 1.83. The summed E-state index contributed by atoms with van der Waals surface area (Å²) in [6, 6.07) is 9.27. The highest BCUT2D eigenvalue weighted by atomic mass is 16.7. The van der Waals surface area contributed by atoms with Gasteiger partial charge in [-0.15, -0.1) is 5.10 Å². The zero-order valence-electron chi connectivity index (χ0n) is 13.7. The summed E-state index contributed by atoms with van der Waals surface area (Å²) < 4.78 is 11.5. The second kappa shape index (κ2) is 6.63. The Bertz CT molecular complexity index is 790. The van der Waals surface area contributed by atoms with Gasteiger partial charge < -0.3 is 19.7 Å². The molecule has 1 aromatic heterocycles. The molecule has 2 aliphatic rings. The molecule has 3 heterocycles. The van der Waals surface area contributed by atoms with Gasteiger partial charge in [-0.2, -0.15) is 15.3 Å². The molecule has 128 valence electrons. The number of nitriles is 1. The zero-order chi connectivity index (χ0) is 17.1. The first-order valence-corrected chi connectivity index (χ1v) is 8.26. The molecular formula is C17H18N6O2. The lowest BCUT2D eigenvalue weighted by Gasteiger charge is -2.37. The van der Waals surface area contributed by atoms with E-state index < -0.39 is 5.79 Å². The molecule has 4 rings (SSSR count). The fourth-order valence-corrected chi connectivity index (χ4v) is 3.16. The van der Waals surface area contributed by atoms with Gasteiger partial charge in [-0.25, -0.2) is 0 Å². The smallest absolute Gasteiger partial charge is 0.249 e. The molecule has 2 saturated heterocycles. The van der Waals surface area contributed by atoms with Crippen LogP contribution in [0, 0.1) is 11.3 Å². The van der Waals surface area contributed by atoms with Gasteiger partial charge in [-0.1, -0.05) is 6.07 Å². The SMILES string of the molecule is N#Cc1cccc(Nc2nncc(N3CCC4(CC3)OCCO4)n2)c1. The minimum atomic E-state index is -0.407. The molecule has 0 bridgehead atoms. The first-order valence-electron chi connectivity index (χ1n) is 8.26. The normalized spacial score (nSPS) is 18.9. The Morgan fingerprint density at radius 2 is 2.00 bits per heavy atom. The number of benzene rings is 1. The van der Waals surface area contributed by atoms with Gasteiger partial charge in [0, 0.05) is 31.6 Å². The Morgan fingerprint density at radius 1 is 1.20 bits per heavy atom. The van der Waals surface area contributed by atoms with E-state index in [9.17, 15) is 0 Å². The summed E-state index contributed by atoms with van der Waals surface area (Å²) in [4.78, 5) is 6.69. The van der Waals surface area contributed by atoms with Gasteiger partial charge in [-0.3, -0.25) is 0 Å². The van der Waals surface area contributed by atoms with Crippen molar-refractivity contribution in [3.8, 4) is 6.07 Å². The van der Waals surface area contributed by atoms with E-state index in [4.69, 9.17) is 14.7 Å². The summed E-state index contributed by atoms with van der Waals surface area (Å²) in [6.07, 6.45) is 3.28. The average Bonchev–Trinajstić information content (AvgIpc) is 3.11. The molecule has 8 heteroatoms. The molecule has 0 saturated carbocycles. The molecule has 2 fully saturated rings. The number of piperidine rings is 1. The Morgan fingerprint density at radius 3 is 2.76 bits per heavy atom. The fraction of sp³-hybridized carbons (Fsp3) is 0.412. The molecule has 2 aromatic rings. The topological polar surface area (TPSA) is 96.2 Å². The summed E-state index contributed by atoms with van der Waals surface area (Å²) in [5.74, 6) is 0.762. The van der Waals surface area contributed by atoms with E-state index in [1.807, 2.05) is 12.1 Å². The van der Waals surface area contributed by atoms with Crippen LogP contribution in [0.2, 0.25) is 0 Å². The summed E-state index contributed by atoms with van der Waals surface area (Å²) in [6.45, 7) is 2.93. The molecule has 2 aliphatic heterocycles. The average molecular weight is 338 g/mol. The Balaban J connectivity index is 1.45. The first kappa shape index (κ1) is 15.7. The predicted molar refractivity (Wildman–Crippen MR) is 90.3 cm³/mol. The Hall–Kier alpha value is -2.76. The van der Waals surface area contributed by atoms with Crippen LogP contribution in [-0.4, -0.2) is 47.3 Å². The monoisotopic (exact) mass is 338 g/mol. The van der Waals surface area contributed by atoms with Crippen molar-refractivity contribution < 1.29 is 9.47 Å². The summed E-state index contributed by atoms with van der Waals surface area (Å²) in [5.41, 5.74) is 1.33. The van der Waals surface area contributed by atoms with E-state index in [0.717, 1.165) is 37.4 Å². The van der Waals surface area contributed by atoms with E-state index in [-0.39, 0.29) is 0 Å². The molecule has 25 heavy (non-hydrogen) atoms. The lowest BCUT2D eigenvalue weighted by atomic mass is 10.0. The van der Waals surface area contributed by atoms with Gasteiger partial charge in [-0.05, 0) is 18.2 Å². The van der Waals surface area contributed by atoms with Crippen molar-refractivity contribution in [2.24, 2.45) is 0 Å². The minimum Gasteiger partial charge on any atom is -0.355 e. The molecule has 8 nitrogen and oxygen atoms in total. The molecule has 1 aromatic carbocycles. The molecule has 1 N–H and O–H groups in total. The number of hydrogen-bond acceptors (Lipinski definition) is 8. The quantitative estimate of drug-likeness (QED) is 0.905. The first-order chi connectivity index (χ1) is 12.3. The second-order valence-corrected chi connectivity index (χ2v) is 6.05. The molecule has 0 unspecified atom stereocenters. The third-order valence-electron chi connectivity index (χ3n) is 4.46. The number of nitrogens with zero attached hydrogens (tertiary/aromatic N) is 5. The van der Waals surface area contributed by atoms with Crippen LogP contribution in [0.5, 0.6) is 0 Å². The van der Waals surface area contributed by atoms with Crippen molar-refractivity contribution in [3.05, 3.63) is 36.0 Å². The van der Waals surface area contributed by atoms with Crippen LogP contribution >= 0.6 is 0 Å². The standard InChI is InChI=1S/C17H18N6O2/c18-11-13-2-1-3-14(10-13)20-16-21-15(12-19-22-16)23-6-4-17(5-7-23)24-8-9-25-17/h1-3,10,12H,4-9H2,(H,20,21,22). The summed E-state index contributed by atoms with van der Waals surface area (Å²) in [7, 11) is 0. The van der Waals surface area contributed by atoms with E-state index in [1.165, 1.54) is 0 Å². The van der Waals surface area contributed by atoms with Crippen molar-refractivity contribution >= 4 is 17.5 Å². The molecule has 0 atom stereocenters.